The number of hydrogen-bond donors (Lipinski definition) is 0. The Labute approximate surface area is 145 Å². The van der Waals surface area contributed by atoms with E-state index >= 15 is 0 Å². The molecule has 0 aliphatic carbocycles. The fraction of sp³-hybridized carbons (Fsp3) is 0.200. The van der Waals surface area contributed by atoms with Crippen LogP contribution in [0.2, 0.25) is 0 Å². The molecule has 2 aromatic carbocycles. The highest BCUT2D eigenvalue weighted by molar-refractivity contribution is 5.21. The summed E-state index contributed by atoms with van der Waals surface area (Å²) in [6, 6.07) is 18.9. The van der Waals surface area contributed by atoms with Crippen molar-refractivity contribution in [2.75, 3.05) is 6.61 Å². The molecule has 128 valence electrons. The van der Waals surface area contributed by atoms with Crippen molar-refractivity contribution in [3.63, 3.8) is 0 Å². The van der Waals surface area contributed by atoms with Crippen LogP contribution in [0.4, 0.5) is 0 Å². The molecule has 5 nitrogen and oxygen atoms in total. The molecule has 0 aliphatic heterocycles. The SMILES string of the molecule is Cc1cn(CCOc2ccccc2)c(=O)n(Cc2ccccc2)c1=O. The first-order chi connectivity index (χ1) is 12.1. The number of nitrogens with zero attached hydrogens (tertiary/aromatic N) is 2. The smallest absolute Gasteiger partial charge is 0.331 e. The third kappa shape index (κ3) is 4.07. The average Bonchev–Trinajstić information content (AvgIpc) is 2.65. The number of rotatable bonds is 6. The van der Waals surface area contributed by atoms with E-state index in [0.717, 1.165) is 11.3 Å². The lowest BCUT2D eigenvalue weighted by Gasteiger charge is -2.12. The molecule has 0 fully saturated rings. The van der Waals surface area contributed by atoms with Crippen molar-refractivity contribution in [1.29, 1.82) is 0 Å². The van der Waals surface area contributed by atoms with E-state index in [1.54, 1.807) is 13.1 Å². The fourth-order valence-corrected chi connectivity index (χ4v) is 2.64. The van der Waals surface area contributed by atoms with Gasteiger partial charge in [-0.15, -0.1) is 0 Å². The van der Waals surface area contributed by atoms with Gasteiger partial charge in [-0.05, 0) is 24.6 Å². The first kappa shape index (κ1) is 16.8. The van der Waals surface area contributed by atoms with E-state index in [2.05, 4.69) is 0 Å². The molecule has 1 heterocycles. The van der Waals surface area contributed by atoms with E-state index < -0.39 is 0 Å². The minimum Gasteiger partial charge on any atom is -0.492 e. The van der Waals surface area contributed by atoms with Crippen LogP contribution in [-0.2, 0) is 13.1 Å². The molecular formula is C20H20N2O3. The minimum atomic E-state index is -0.323. The summed E-state index contributed by atoms with van der Waals surface area (Å²) >= 11 is 0. The molecule has 0 amide bonds. The van der Waals surface area contributed by atoms with Gasteiger partial charge in [-0.3, -0.25) is 13.9 Å². The zero-order valence-electron chi connectivity index (χ0n) is 14.1. The summed E-state index contributed by atoms with van der Waals surface area (Å²) in [7, 11) is 0. The maximum atomic E-state index is 12.7. The van der Waals surface area contributed by atoms with E-state index in [1.807, 2.05) is 60.7 Å². The van der Waals surface area contributed by atoms with Gasteiger partial charge in [0, 0.05) is 11.8 Å². The molecule has 0 saturated heterocycles. The van der Waals surface area contributed by atoms with Crippen molar-refractivity contribution in [3.05, 3.63) is 98.8 Å². The van der Waals surface area contributed by atoms with Gasteiger partial charge in [-0.25, -0.2) is 4.79 Å². The van der Waals surface area contributed by atoms with Crippen molar-refractivity contribution >= 4 is 0 Å². The van der Waals surface area contributed by atoms with Gasteiger partial charge in [-0.2, -0.15) is 0 Å². The Morgan fingerprint density at radius 3 is 2.24 bits per heavy atom. The van der Waals surface area contributed by atoms with E-state index in [0.29, 0.717) is 18.7 Å². The van der Waals surface area contributed by atoms with Crippen LogP contribution in [0.3, 0.4) is 0 Å². The molecule has 3 aromatic rings. The fourth-order valence-electron chi connectivity index (χ4n) is 2.64. The lowest BCUT2D eigenvalue weighted by atomic mass is 10.2. The van der Waals surface area contributed by atoms with Crippen molar-refractivity contribution < 1.29 is 4.74 Å². The standard InChI is InChI=1S/C20H20N2O3/c1-16-14-21(12-13-25-18-10-6-3-7-11-18)20(24)22(19(16)23)15-17-8-4-2-5-9-17/h2-11,14H,12-13,15H2,1H3. The van der Waals surface area contributed by atoms with Crippen LogP contribution < -0.4 is 16.0 Å². The first-order valence-electron chi connectivity index (χ1n) is 8.18. The van der Waals surface area contributed by atoms with Gasteiger partial charge in [0.25, 0.3) is 5.56 Å². The predicted molar refractivity (Wildman–Crippen MR) is 97.2 cm³/mol. The summed E-state index contributed by atoms with van der Waals surface area (Å²) in [6.45, 7) is 2.72. The summed E-state index contributed by atoms with van der Waals surface area (Å²) in [5.74, 6) is 0.755. The van der Waals surface area contributed by atoms with Crippen LogP contribution in [0.5, 0.6) is 5.75 Å². The predicted octanol–water partition coefficient (Wildman–Crippen LogP) is 2.45. The molecule has 0 N–H and O–H groups in total. The van der Waals surface area contributed by atoms with Crippen LogP contribution in [0.25, 0.3) is 0 Å². The lowest BCUT2D eigenvalue weighted by Crippen LogP contribution is -2.41. The Balaban J connectivity index is 1.80. The van der Waals surface area contributed by atoms with Crippen LogP contribution in [0.1, 0.15) is 11.1 Å². The first-order valence-corrected chi connectivity index (χ1v) is 8.18. The molecule has 0 unspecified atom stereocenters. The van der Waals surface area contributed by atoms with Gasteiger partial charge in [0.2, 0.25) is 0 Å². The topological polar surface area (TPSA) is 53.2 Å². The second-order valence-corrected chi connectivity index (χ2v) is 5.83. The quantitative estimate of drug-likeness (QED) is 0.695. The summed E-state index contributed by atoms with van der Waals surface area (Å²) in [4.78, 5) is 25.0. The van der Waals surface area contributed by atoms with Crippen LogP contribution in [0.15, 0.2) is 76.4 Å². The largest absolute Gasteiger partial charge is 0.492 e. The second kappa shape index (κ2) is 7.66. The molecule has 0 spiro atoms. The van der Waals surface area contributed by atoms with Crippen LogP contribution >= 0.6 is 0 Å². The van der Waals surface area contributed by atoms with Gasteiger partial charge in [-0.1, -0.05) is 48.5 Å². The average molecular weight is 336 g/mol. The maximum Gasteiger partial charge on any atom is 0.331 e. The van der Waals surface area contributed by atoms with Crippen molar-refractivity contribution in [2.45, 2.75) is 20.0 Å². The van der Waals surface area contributed by atoms with Crippen LogP contribution in [-0.4, -0.2) is 15.7 Å². The van der Waals surface area contributed by atoms with Crippen molar-refractivity contribution in [2.24, 2.45) is 0 Å². The number of hydrogen-bond acceptors (Lipinski definition) is 3. The molecule has 5 heteroatoms. The molecule has 1 aromatic heterocycles. The molecule has 0 radical (unpaired) electrons. The third-order valence-electron chi connectivity index (χ3n) is 3.94. The summed E-state index contributed by atoms with van der Waals surface area (Å²) in [5.41, 5.74) is 0.875. The normalized spacial score (nSPS) is 10.6. The van der Waals surface area contributed by atoms with E-state index in [-0.39, 0.29) is 17.8 Å². The molecule has 0 aliphatic rings. The van der Waals surface area contributed by atoms with Gasteiger partial charge >= 0.3 is 5.69 Å². The zero-order valence-corrected chi connectivity index (χ0v) is 14.1. The lowest BCUT2D eigenvalue weighted by molar-refractivity contribution is 0.293. The molecule has 0 bridgehead atoms. The number of benzene rings is 2. The Morgan fingerprint density at radius 1 is 0.920 bits per heavy atom. The Bertz CT molecular complexity index is 944. The highest BCUT2D eigenvalue weighted by atomic mass is 16.5. The third-order valence-corrected chi connectivity index (χ3v) is 3.94. The maximum absolute atomic E-state index is 12.7. The highest BCUT2D eigenvalue weighted by Crippen LogP contribution is 2.08. The highest BCUT2D eigenvalue weighted by Gasteiger charge is 2.09. The van der Waals surface area contributed by atoms with Crippen molar-refractivity contribution in [3.8, 4) is 5.75 Å². The number of aromatic nitrogens is 2. The molecule has 0 atom stereocenters. The van der Waals surface area contributed by atoms with Gasteiger partial charge in [0.15, 0.2) is 0 Å². The minimum absolute atomic E-state index is 0.255. The number of para-hydroxylation sites is 1. The van der Waals surface area contributed by atoms with E-state index in [1.165, 1.54) is 9.13 Å². The Hall–Kier alpha value is -3.08. The van der Waals surface area contributed by atoms with Gasteiger partial charge in [0.1, 0.15) is 12.4 Å². The number of aryl methyl sites for hydroxylation is 1. The van der Waals surface area contributed by atoms with Crippen molar-refractivity contribution in [1.82, 2.24) is 9.13 Å². The molecule has 3 rings (SSSR count). The summed E-state index contributed by atoms with van der Waals surface area (Å²) in [6.07, 6.45) is 1.60. The van der Waals surface area contributed by atoms with Crippen LogP contribution in [0, 0.1) is 6.92 Å². The monoisotopic (exact) mass is 336 g/mol. The number of ether oxygens (including phenoxy) is 1. The summed E-state index contributed by atoms with van der Waals surface area (Å²) in [5, 5.41) is 0. The summed E-state index contributed by atoms with van der Waals surface area (Å²) < 4.78 is 8.45. The molecule has 25 heavy (non-hydrogen) atoms. The molecule has 0 saturated carbocycles. The van der Waals surface area contributed by atoms with Gasteiger partial charge in [0.05, 0.1) is 13.1 Å². The molecular weight excluding hydrogens is 316 g/mol. The van der Waals surface area contributed by atoms with E-state index in [4.69, 9.17) is 4.74 Å². The second-order valence-electron chi connectivity index (χ2n) is 5.83. The Kier molecular flexibility index (Phi) is 5.14. The zero-order chi connectivity index (χ0) is 17.6. The Morgan fingerprint density at radius 2 is 1.56 bits per heavy atom. The van der Waals surface area contributed by atoms with E-state index in [9.17, 15) is 9.59 Å². The van der Waals surface area contributed by atoms with Gasteiger partial charge < -0.3 is 4.74 Å².